The maximum Gasteiger partial charge on any atom is 0.263 e. The molecule has 6 nitrogen and oxygen atoms in total. The highest BCUT2D eigenvalue weighted by atomic mass is 16.5. The van der Waals surface area contributed by atoms with E-state index in [1.807, 2.05) is 11.0 Å². The molecule has 0 radical (unpaired) electrons. The van der Waals surface area contributed by atoms with Gasteiger partial charge in [-0.15, -0.1) is 0 Å². The highest BCUT2D eigenvalue weighted by Gasteiger charge is 2.13. The molecule has 0 atom stereocenters. The van der Waals surface area contributed by atoms with Gasteiger partial charge < -0.3 is 19.4 Å². The molecule has 1 fully saturated rings. The van der Waals surface area contributed by atoms with Crippen LogP contribution in [0.3, 0.4) is 0 Å². The number of carbonyl (C=O) groups is 1. The van der Waals surface area contributed by atoms with E-state index >= 15 is 0 Å². The quantitative estimate of drug-likeness (QED) is 0.635. The molecule has 1 aromatic heterocycles. The minimum absolute atomic E-state index is 0.0912. The first kappa shape index (κ1) is 13.2. The molecule has 2 rings (SSSR count). The Bertz CT molecular complexity index is 482. The lowest BCUT2D eigenvalue weighted by molar-refractivity contribution is -0.117. The molecule has 0 saturated carbocycles. The summed E-state index contributed by atoms with van der Waals surface area (Å²) in [5, 5.41) is 11.7. The van der Waals surface area contributed by atoms with Crippen LogP contribution in [-0.4, -0.2) is 37.1 Å². The van der Waals surface area contributed by atoms with E-state index in [0.29, 0.717) is 32.1 Å². The predicted octanol–water partition coefficient (Wildman–Crippen LogP) is 0.635. The van der Waals surface area contributed by atoms with Gasteiger partial charge in [-0.3, -0.25) is 4.79 Å². The highest BCUT2D eigenvalue weighted by Crippen LogP contribution is 2.03. The summed E-state index contributed by atoms with van der Waals surface area (Å²) >= 11 is 0. The van der Waals surface area contributed by atoms with Gasteiger partial charge in [-0.2, -0.15) is 5.26 Å². The smallest absolute Gasteiger partial charge is 0.263 e. The zero-order chi connectivity index (χ0) is 13.5. The Balaban J connectivity index is 1.91. The van der Waals surface area contributed by atoms with Crippen LogP contribution in [0.25, 0.3) is 0 Å². The van der Waals surface area contributed by atoms with E-state index in [9.17, 15) is 4.79 Å². The first-order chi connectivity index (χ1) is 9.29. The van der Waals surface area contributed by atoms with E-state index in [2.05, 4.69) is 5.32 Å². The molecule has 0 spiro atoms. The van der Waals surface area contributed by atoms with Crippen molar-refractivity contribution in [3.05, 3.63) is 35.9 Å². The van der Waals surface area contributed by atoms with Gasteiger partial charge in [-0.1, -0.05) is 0 Å². The van der Waals surface area contributed by atoms with Crippen molar-refractivity contribution < 1.29 is 13.9 Å². The lowest BCUT2D eigenvalue weighted by Gasteiger charge is -2.25. The molecule has 0 aromatic carbocycles. The van der Waals surface area contributed by atoms with Gasteiger partial charge >= 0.3 is 0 Å². The molecular weight excluding hydrogens is 246 g/mol. The summed E-state index contributed by atoms with van der Waals surface area (Å²) in [6.07, 6.45) is 3.12. The zero-order valence-corrected chi connectivity index (χ0v) is 10.5. The maximum atomic E-state index is 11.8. The molecule has 19 heavy (non-hydrogen) atoms. The summed E-state index contributed by atoms with van der Waals surface area (Å²) in [5.74, 6) is 0.252. The molecule has 0 aliphatic carbocycles. The highest BCUT2D eigenvalue weighted by molar-refractivity contribution is 5.97. The fourth-order valence-corrected chi connectivity index (χ4v) is 1.70. The molecule has 0 unspecified atom stereocenters. The summed E-state index contributed by atoms with van der Waals surface area (Å²) in [4.78, 5) is 13.8. The molecule has 100 valence electrons. The van der Waals surface area contributed by atoms with Crippen LogP contribution in [0, 0.1) is 11.3 Å². The van der Waals surface area contributed by atoms with Crippen molar-refractivity contribution in [2.75, 3.05) is 26.3 Å². The first-order valence-corrected chi connectivity index (χ1v) is 6.04. The summed E-state index contributed by atoms with van der Waals surface area (Å²) < 4.78 is 10.3. The molecule has 1 N–H and O–H groups in total. The van der Waals surface area contributed by atoms with Crippen molar-refractivity contribution in [1.82, 2.24) is 10.2 Å². The minimum Gasteiger partial charge on any atom is -0.467 e. The average molecular weight is 261 g/mol. The van der Waals surface area contributed by atoms with E-state index < -0.39 is 5.91 Å². The summed E-state index contributed by atoms with van der Waals surface area (Å²) in [7, 11) is 0. The Labute approximate surface area is 111 Å². The Kier molecular flexibility index (Phi) is 4.59. The van der Waals surface area contributed by atoms with E-state index in [1.165, 1.54) is 6.26 Å². The largest absolute Gasteiger partial charge is 0.467 e. The summed E-state index contributed by atoms with van der Waals surface area (Å²) in [6.45, 7) is 2.88. The van der Waals surface area contributed by atoms with Crippen LogP contribution < -0.4 is 5.32 Å². The van der Waals surface area contributed by atoms with Gasteiger partial charge in [-0.05, 0) is 12.1 Å². The second kappa shape index (κ2) is 6.61. The molecule has 1 amide bonds. The normalized spacial score (nSPS) is 15.9. The van der Waals surface area contributed by atoms with Gasteiger partial charge in [0.1, 0.15) is 17.4 Å². The van der Waals surface area contributed by atoms with Crippen molar-refractivity contribution >= 4 is 5.91 Å². The Morgan fingerprint density at radius 2 is 2.32 bits per heavy atom. The van der Waals surface area contributed by atoms with Gasteiger partial charge in [0.25, 0.3) is 5.91 Å². The predicted molar refractivity (Wildman–Crippen MR) is 66.6 cm³/mol. The monoisotopic (exact) mass is 261 g/mol. The zero-order valence-electron chi connectivity index (χ0n) is 10.5. The SMILES string of the molecule is N#C/C(=C\N1CCOCC1)C(=O)NCc1ccco1. The van der Waals surface area contributed by atoms with Gasteiger partial charge in [0.2, 0.25) is 0 Å². The van der Waals surface area contributed by atoms with Gasteiger partial charge in [-0.25, -0.2) is 0 Å². The third-order valence-electron chi connectivity index (χ3n) is 2.73. The van der Waals surface area contributed by atoms with Crippen LogP contribution in [0.4, 0.5) is 0 Å². The fraction of sp³-hybridized carbons (Fsp3) is 0.385. The van der Waals surface area contributed by atoms with E-state index in [-0.39, 0.29) is 12.1 Å². The molecule has 0 bridgehead atoms. The molecular formula is C13H15N3O3. The van der Waals surface area contributed by atoms with Crippen LogP contribution in [0.2, 0.25) is 0 Å². The van der Waals surface area contributed by atoms with Crippen molar-refractivity contribution in [2.24, 2.45) is 0 Å². The fourth-order valence-electron chi connectivity index (χ4n) is 1.70. The van der Waals surface area contributed by atoms with Gasteiger partial charge in [0, 0.05) is 19.3 Å². The number of furan rings is 1. The molecule has 6 heteroatoms. The number of hydrogen-bond acceptors (Lipinski definition) is 5. The van der Waals surface area contributed by atoms with Gasteiger partial charge in [0.05, 0.1) is 26.0 Å². The Morgan fingerprint density at radius 3 is 2.95 bits per heavy atom. The lowest BCUT2D eigenvalue weighted by atomic mass is 10.2. The number of nitriles is 1. The van der Waals surface area contributed by atoms with Crippen LogP contribution >= 0.6 is 0 Å². The van der Waals surface area contributed by atoms with Crippen LogP contribution in [0.1, 0.15) is 5.76 Å². The third-order valence-corrected chi connectivity index (χ3v) is 2.73. The Hall–Kier alpha value is -2.26. The number of nitrogens with zero attached hydrogens (tertiary/aromatic N) is 2. The maximum absolute atomic E-state index is 11.8. The number of rotatable bonds is 4. The van der Waals surface area contributed by atoms with Crippen LogP contribution in [0.5, 0.6) is 0 Å². The first-order valence-electron chi connectivity index (χ1n) is 6.04. The van der Waals surface area contributed by atoms with Crippen LogP contribution in [0.15, 0.2) is 34.6 Å². The van der Waals surface area contributed by atoms with Crippen molar-refractivity contribution in [3.63, 3.8) is 0 Å². The third kappa shape index (κ3) is 3.86. The van der Waals surface area contributed by atoms with Crippen molar-refractivity contribution in [2.45, 2.75) is 6.54 Å². The Morgan fingerprint density at radius 1 is 1.53 bits per heavy atom. The second-order valence-electron chi connectivity index (χ2n) is 4.06. The molecule has 1 aromatic rings. The van der Waals surface area contributed by atoms with Gasteiger partial charge in [0.15, 0.2) is 0 Å². The number of hydrogen-bond donors (Lipinski definition) is 1. The topological polar surface area (TPSA) is 78.5 Å². The average Bonchev–Trinajstić information content (AvgIpc) is 2.96. The van der Waals surface area contributed by atoms with E-state index in [4.69, 9.17) is 14.4 Å². The molecule has 2 heterocycles. The van der Waals surface area contributed by atoms with Crippen molar-refractivity contribution in [1.29, 1.82) is 5.26 Å². The number of ether oxygens (including phenoxy) is 1. The molecule has 1 aliphatic rings. The number of morpholine rings is 1. The summed E-state index contributed by atoms with van der Waals surface area (Å²) in [6, 6.07) is 5.42. The van der Waals surface area contributed by atoms with Crippen molar-refractivity contribution in [3.8, 4) is 6.07 Å². The number of nitrogens with one attached hydrogen (secondary N) is 1. The van der Waals surface area contributed by atoms with E-state index in [1.54, 1.807) is 18.3 Å². The van der Waals surface area contributed by atoms with Crippen LogP contribution in [-0.2, 0) is 16.1 Å². The minimum atomic E-state index is -0.398. The standard InChI is InChI=1S/C13H15N3O3/c14-8-11(10-16-3-6-18-7-4-16)13(17)15-9-12-2-1-5-19-12/h1-2,5,10H,3-4,6-7,9H2,(H,15,17)/b11-10+. The second-order valence-corrected chi connectivity index (χ2v) is 4.06. The lowest BCUT2D eigenvalue weighted by Crippen LogP contribution is -2.33. The number of amides is 1. The molecule has 1 aliphatic heterocycles. The van der Waals surface area contributed by atoms with E-state index in [0.717, 1.165) is 0 Å². The number of carbonyl (C=O) groups excluding carboxylic acids is 1. The molecule has 1 saturated heterocycles. The summed E-state index contributed by atoms with van der Waals surface area (Å²) in [5.41, 5.74) is 0.0912.